The van der Waals surface area contributed by atoms with Crippen molar-refractivity contribution in [1.29, 1.82) is 0 Å². The van der Waals surface area contributed by atoms with E-state index >= 15 is 0 Å². The maximum Gasteiger partial charge on any atom is 0.252 e. The molecule has 5 nitrogen and oxygen atoms in total. The van der Waals surface area contributed by atoms with Gasteiger partial charge in [0.25, 0.3) is 5.56 Å². The molecule has 1 aliphatic heterocycles. The molecular weight excluding hydrogens is 180 g/mol. The first-order valence-electron chi connectivity index (χ1n) is 4.47. The van der Waals surface area contributed by atoms with Crippen molar-refractivity contribution in [3.05, 3.63) is 28.3 Å². The van der Waals surface area contributed by atoms with E-state index in [0.29, 0.717) is 5.78 Å². The Hall–Kier alpha value is -1.91. The Labute approximate surface area is 79.1 Å². The third kappa shape index (κ3) is 0.921. The zero-order chi connectivity index (χ0) is 9.54. The summed E-state index contributed by atoms with van der Waals surface area (Å²) < 4.78 is 1.88. The van der Waals surface area contributed by atoms with Gasteiger partial charge in [0.1, 0.15) is 0 Å². The second-order valence-electron chi connectivity index (χ2n) is 3.23. The van der Waals surface area contributed by atoms with Gasteiger partial charge in [0.2, 0.25) is 5.78 Å². The molecule has 0 fully saturated rings. The highest BCUT2D eigenvalue weighted by Gasteiger charge is 2.13. The van der Waals surface area contributed by atoms with Gasteiger partial charge in [-0.1, -0.05) is 0 Å². The summed E-state index contributed by atoms with van der Waals surface area (Å²) in [6.07, 6.45) is 5.44. The van der Waals surface area contributed by atoms with Crippen LogP contribution in [0.5, 0.6) is 0 Å². The normalized spacial score (nSPS) is 14.6. The van der Waals surface area contributed by atoms with Crippen molar-refractivity contribution >= 4 is 17.8 Å². The SMILES string of the molecule is O=c1ccn2c3c(nc2[nH]1)N=CCC3. The molecule has 1 aliphatic rings. The van der Waals surface area contributed by atoms with Crippen LogP contribution >= 0.6 is 0 Å². The predicted molar refractivity (Wildman–Crippen MR) is 52.3 cm³/mol. The van der Waals surface area contributed by atoms with Crippen LogP contribution in [0, 0.1) is 0 Å². The average molecular weight is 188 g/mol. The number of aryl methyl sites for hydroxylation is 1. The van der Waals surface area contributed by atoms with Gasteiger partial charge in [0.15, 0.2) is 5.82 Å². The number of rotatable bonds is 0. The van der Waals surface area contributed by atoms with Crippen molar-refractivity contribution in [3.8, 4) is 0 Å². The average Bonchev–Trinajstić information content (AvgIpc) is 2.54. The summed E-state index contributed by atoms with van der Waals surface area (Å²) in [6, 6.07) is 1.49. The topological polar surface area (TPSA) is 62.5 Å². The molecule has 2 aromatic heterocycles. The van der Waals surface area contributed by atoms with Gasteiger partial charge in [-0.3, -0.25) is 14.2 Å². The molecule has 0 bridgehead atoms. The van der Waals surface area contributed by atoms with Crippen molar-refractivity contribution < 1.29 is 0 Å². The number of aromatic amines is 1. The van der Waals surface area contributed by atoms with E-state index in [4.69, 9.17) is 0 Å². The van der Waals surface area contributed by atoms with Gasteiger partial charge in [-0.05, 0) is 12.8 Å². The van der Waals surface area contributed by atoms with Crippen LogP contribution in [0.4, 0.5) is 5.82 Å². The lowest BCUT2D eigenvalue weighted by Gasteiger charge is -2.03. The molecule has 0 aromatic carbocycles. The summed E-state index contributed by atoms with van der Waals surface area (Å²) in [6.45, 7) is 0. The van der Waals surface area contributed by atoms with Gasteiger partial charge < -0.3 is 0 Å². The maximum absolute atomic E-state index is 11.0. The molecule has 70 valence electrons. The largest absolute Gasteiger partial charge is 0.292 e. The van der Waals surface area contributed by atoms with E-state index in [2.05, 4.69) is 15.0 Å². The standard InChI is InChI=1S/C9H8N4O/c14-7-3-5-13-6-2-1-4-10-8(6)12-9(13)11-7/h3-5H,1-2H2,(H,11,12,14). The fraction of sp³-hybridized carbons (Fsp3) is 0.222. The van der Waals surface area contributed by atoms with Crippen LogP contribution in [0.1, 0.15) is 12.1 Å². The molecule has 3 rings (SSSR count). The Morgan fingerprint density at radius 2 is 2.43 bits per heavy atom. The zero-order valence-electron chi connectivity index (χ0n) is 7.40. The lowest BCUT2D eigenvalue weighted by atomic mass is 10.2. The molecular formula is C9H8N4O. The molecule has 3 heterocycles. The van der Waals surface area contributed by atoms with E-state index in [1.165, 1.54) is 6.07 Å². The Morgan fingerprint density at radius 3 is 3.36 bits per heavy atom. The summed E-state index contributed by atoms with van der Waals surface area (Å²) in [5, 5.41) is 0. The summed E-state index contributed by atoms with van der Waals surface area (Å²) in [5.41, 5.74) is 0.933. The van der Waals surface area contributed by atoms with Crippen LogP contribution in [0.2, 0.25) is 0 Å². The second-order valence-corrected chi connectivity index (χ2v) is 3.23. The molecule has 0 radical (unpaired) electrons. The minimum atomic E-state index is -0.135. The molecule has 14 heavy (non-hydrogen) atoms. The fourth-order valence-corrected chi connectivity index (χ4v) is 1.69. The summed E-state index contributed by atoms with van der Waals surface area (Å²) >= 11 is 0. The van der Waals surface area contributed by atoms with Gasteiger partial charge in [-0.25, -0.2) is 4.99 Å². The minimum absolute atomic E-state index is 0.135. The maximum atomic E-state index is 11.0. The second kappa shape index (κ2) is 2.54. The number of H-pyrrole nitrogens is 1. The number of aliphatic imine (C=N–C) groups is 1. The van der Waals surface area contributed by atoms with Crippen LogP contribution in [-0.4, -0.2) is 20.6 Å². The van der Waals surface area contributed by atoms with Crippen LogP contribution < -0.4 is 5.56 Å². The van der Waals surface area contributed by atoms with E-state index in [9.17, 15) is 4.79 Å². The molecule has 0 aliphatic carbocycles. The fourth-order valence-electron chi connectivity index (χ4n) is 1.69. The Balaban J connectivity index is 2.43. The highest BCUT2D eigenvalue weighted by Crippen LogP contribution is 2.22. The van der Waals surface area contributed by atoms with Crippen molar-refractivity contribution in [2.24, 2.45) is 4.99 Å². The van der Waals surface area contributed by atoms with E-state index < -0.39 is 0 Å². The van der Waals surface area contributed by atoms with Crippen molar-refractivity contribution in [1.82, 2.24) is 14.4 Å². The highest BCUT2D eigenvalue weighted by atomic mass is 16.1. The van der Waals surface area contributed by atoms with Crippen LogP contribution in [0.3, 0.4) is 0 Å². The summed E-state index contributed by atoms with van der Waals surface area (Å²) in [7, 11) is 0. The number of hydrogen-bond acceptors (Lipinski definition) is 3. The molecule has 1 N–H and O–H groups in total. The smallest absolute Gasteiger partial charge is 0.252 e. The Morgan fingerprint density at radius 1 is 1.50 bits per heavy atom. The number of nitrogens with one attached hydrogen (secondary N) is 1. The third-order valence-corrected chi connectivity index (χ3v) is 2.32. The van der Waals surface area contributed by atoms with Gasteiger partial charge in [0.05, 0.1) is 5.69 Å². The minimum Gasteiger partial charge on any atom is -0.292 e. The lowest BCUT2D eigenvalue weighted by molar-refractivity contribution is 0.924. The van der Waals surface area contributed by atoms with E-state index in [0.717, 1.165) is 24.4 Å². The number of aromatic nitrogens is 3. The molecule has 0 unspecified atom stereocenters. The van der Waals surface area contributed by atoms with Crippen LogP contribution in [0.15, 0.2) is 22.1 Å². The lowest BCUT2D eigenvalue weighted by Crippen LogP contribution is -2.07. The van der Waals surface area contributed by atoms with E-state index in [1.807, 2.05) is 10.6 Å². The van der Waals surface area contributed by atoms with Gasteiger partial charge in [0, 0.05) is 18.5 Å². The number of fused-ring (bicyclic) bond motifs is 3. The highest BCUT2D eigenvalue weighted by molar-refractivity contribution is 5.67. The monoisotopic (exact) mass is 188 g/mol. The molecule has 2 aromatic rings. The first-order chi connectivity index (χ1) is 6.84. The molecule has 0 saturated heterocycles. The zero-order valence-corrected chi connectivity index (χ0v) is 7.40. The van der Waals surface area contributed by atoms with Crippen molar-refractivity contribution in [2.45, 2.75) is 12.8 Å². The van der Waals surface area contributed by atoms with Crippen molar-refractivity contribution in [2.75, 3.05) is 0 Å². The van der Waals surface area contributed by atoms with E-state index in [-0.39, 0.29) is 5.56 Å². The van der Waals surface area contributed by atoms with Crippen LogP contribution in [0.25, 0.3) is 5.78 Å². The first kappa shape index (κ1) is 7.49. The molecule has 5 heteroatoms. The quantitative estimate of drug-likeness (QED) is 0.660. The van der Waals surface area contributed by atoms with Crippen molar-refractivity contribution in [3.63, 3.8) is 0 Å². The predicted octanol–water partition coefficient (Wildman–Crippen LogP) is 0.671. The first-order valence-corrected chi connectivity index (χ1v) is 4.47. The third-order valence-electron chi connectivity index (χ3n) is 2.32. The molecule has 0 atom stereocenters. The van der Waals surface area contributed by atoms with Gasteiger partial charge >= 0.3 is 0 Å². The van der Waals surface area contributed by atoms with E-state index in [1.54, 1.807) is 6.20 Å². The Bertz CT molecular complexity index is 578. The van der Waals surface area contributed by atoms with Gasteiger partial charge in [-0.2, -0.15) is 4.98 Å². The molecule has 0 saturated carbocycles. The molecule has 0 spiro atoms. The number of imidazole rings is 1. The summed E-state index contributed by atoms with van der Waals surface area (Å²) in [5.74, 6) is 1.29. The molecule has 0 amide bonds. The Kier molecular flexibility index (Phi) is 1.36. The number of hydrogen-bond donors (Lipinski definition) is 1. The number of nitrogens with zero attached hydrogens (tertiary/aromatic N) is 3. The summed E-state index contributed by atoms with van der Waals surface area (Å²) in [4.78, 5) is 22.1. The van der Waals surface area contributed by atoms with Gasteiger partial charge in [-0.15, -0.1) is 0 Å². The van der Waals surface area contributed by atoms with Crippen LogP contribution in [-0.2, 0) is 6.42 Å².